The average molecular weight is 488 g/mol. The van der Waals surface area contributed by atoms with Gasteiger partial charge in [0.25, 0.3) is 17.4 Å². The highest BCUT2D eigenvalue weighted by molar-refractivity contribution is 6.51. The lowest BCUT2D eigenvalue weighted by Crippen LogP contribution is -2.29. The van der Waals surface area contributed by atoms with Crippen molar-refractivity contribution in [3.63, 3.8) is 0 Å². The van der Waals surface area contributed by atoms with E-state index in [1.165, 1.54) is 36.3 Å². The van der Waals surface area contributed by atoms with Crippen LogP contribution in [0.5, 0.6) is 11.5 Å². The molecule has 0 aliphatic carbocycles. The highest BCUT2D eigenvalue weighted by Gasteiger charge is 2.48. The number of amides is 1. The van der Waals surface area contributed by atoms with E-state index in [4.69, 9.17) is 9.47 Å². The molecule has 0 aromatic heterocycles. The SMILES string of the molecule is CCCOc1cccc(N2C(=O)C(=O)/C(=C(/O)c3ccc([N+](=O)[O-])cc3)C2c2ccccc2OC)c1. The van der Waals surface area contributed by atoms with Gasteiger partial charge < -0.3 is 14.6 Å². The number of carbonyl (C=O) groups excluding carboxylic acids is 2. The predicted octanol–water partition coefficient (Wildman–Crippen LogP) is 5.02. The Morgan fingerprint density at radius 3 is 2.44 bits per heavy atom. The quantitative estimate of drug-likeness (QED) is 0.155. The van der Waals surface area contributed by atoms with Gasteiger partial charge in [-0.1, -0.05) is 31.2 Å². The van der Waals surface area contributed by atoms with Gasteiger partial charge in [-0.2, -0.15) is 0 Å². The molecule has 0 radical (unpaired) electrons. The van der Waals surface area contributed by atoms with Crippen molar-refractivity contribution in [2.24, 2.45) is 0 Å². The van der Waals surface area contributed by atoms with Gasteiger partial charge in [-0.05, 0) is 36.8 Å². The minimum atomic E-state index is -1.02. The summed E-state index contributed by atoms with van der Waals surface area (Å²) in [6.45, 7) is 2.46. The first-order chi connectivity index (χ1) is 17.4. The van der Waals surface area contributed by atoms with Crippen LogP contribution in [0.15, 0.2) is 78.4 Å². The van der Waals surface area contributed by atoms with Crippen LogP contribution in [-0.2, 0) is 9.59 Å². The Morgan fingerprint density at radius 1 is 1.06 bits per heavy atom. The summed E-state index contributed by atoms with van der Waals surface area (Å²) in [6, 6.07) is 17.8. The van der Waals surface area contributed by atoms with Gasteiger partial charge in [-0.25, -0.2) is 0 Å². The van der Waals surface area contributed by atoms with Crippen LogP contribution >= 0.6 is 0 Å². The summed E-state index contributed by atoms with van der Waals surface area (Å²) < 4.78 is 11.2. The summed E-state index contributed by atoms with van der Waals surface area (Å²) >= 11 is 0. The molecule has 9 heteroatoms. The summed E-state index contributed by atoms with van der Waals surface area (Å²) in [5.74, 6) is -1.21. The van der Waals surface area contributed by atoms with Crippen molar-refractivity contribution in [3.05, 3.63) is 99.6 Å². The van der Waals surface area contributed by atoms with Crippen LogP contribution in [0, 0.1) is 10.1 Å². The molecule has 1 unspecified atom stereocenters. The van der Waals surface area contributed by atoms with Crippen LogP contribution in [-0.4, -0.2) is 35.4 Å². The Kier molecular flexibility index (Phi) is 7.00. The number of anilines is 1. The van der Waals surface area contributed by atoms with E-state index in [0.29, 0.717) is 29.4 Å². The maximum absolute atomic E-state index is 13.4. The van der Waals surface area contributed by atoms with E-state index in [1.54, 1.807) is 48.5 Å². The van der Waals surface area contributed by atoms with Crippen molar-refractivity contribution >= 4 is 28.8 Å². The number of carbonyl (C=O) groups is 2. The van der Waals surface area contributed by atoms with Gasteiger partial charge >= 0.3 is 0 Å². The van der Waals surface area contributed by atoms with Gasteiger partial charge in [0.2, 0.25) is 0 Å². The number of ketones is 1. The number of methoxy groups -OCH3 is 1. The lowest BCUT2D eigenvalue weighted by molar-refractivity contribution is -0.384. The topological polar surface area (TPSA) is 119 Å². The summed E-state index contributed by atoms with van der Waals surface area (Å²) in [7, 11) is 1.47. The predicted molar refractivity (Wildman–Crippen MR) is 133 cm³/mol. The van der Waals surface area contributed by atoms with Crippen LogP contribution in [0.1, 0.15) is 30.5 Å². The Labute approximate surface area is 207 Å². The molecule has 4 rings (SSSR count). The molecule has 3 aromatic rings. The van der Waals surface area contributed by atoms with Crippen molar-refractivity contribution in [1.82, 2.24) is 0 Å². The number of aliphatic hydroxyl groups is 1. The third-order valence-corrected chi connectivity index (χ3v) is 5.80. The van der Waals surface area contributed by atoms with Gasteiger partial charge in [0.1, 0.15) is 17.3 Å². The van der Waals surface area contributed by atoms with Gasteiger partial charge in [-0.3, -0.25) is 24.6 Å². The third-order valence-electron chi connectivity index (χ3n) is 5.80. The van der Waals surface area contributed by atoms with Crippen molar-refractivity contribution in [1.29, 1.82) is 0 Å². The van der Waals surface area contributed by atoms with Crippen molar-refractivity contribution < 1.29 is 29.1 Å². The molecule has 1 aliphatic heterocycles. The minimum absolute atomic E-state index is 0.154. The molecule has 3 aromatic carbocycles. The average Bonchev–Trinajstić information content (AvgIpc) is 3.17. The van der Waals surface area contributed by atoms with Gasteiger partial charge in [0.05, 0.1) is 30.3 Å². The summed E-state index contributed by atoms with van der Waals surface area (Å²) in [5, 5.41) is 22.2. The lowest BCUT2D eigenvalue weighted by atomic mass is 9.94. The second-order valence-corrected chi connectivity index (χ2v) is 8.06. The zero-order chi connectivity index (χ0) is 25.8. The first-order valence-electron chi connectivity index (χ1n) is 11.3. The monoisotopic (exact) mass is 488 g/mol. The molecule has 1 amide bonds. The highest BCUT2D eigenvalue weighted by atomic mass is 16.6. The Hall–Kier alpha value is -4.66. The Balaban J connectivity index is 1.91. The van der Waals surface area contributed by atoms with Crippen LogP contribution < -0.4 is 14.4 Å². The molecule has 1 aliphatic rings. The number of hydrogen-bond donors (Lipinski definition) is 1. The van der Waals surface area contributed by atoms with E-state index in [2.05, 4.69) is 0 Å². The molecule has 1 heterocycles. The number of benzene rings is 3. The number of nitro benzene ring substituents is 1. The molecule has 9 nitrogen and oxygen atoms in total. The summed E-state index contributed by atoms with van der Waals surface area (Å²) in [5.41, 5.74) is 0.737. The molecule has 0 spiro atoms. The fourth-order valence-electron chi connectivity index (χ4n) is 4.12. The van der Waals surface area contributed by atoms with E-state index >= 15 is 0 Å². The van der Waals surface area contributed by atoms with Gasteiger partial charge in [0, 0.05) is 35.0 Å². The van der Waals surface area contributed by atoms with Crippen LogP contribution in [0.25, 0.3) is 5.76 Å². The summed E-state index contributed by atoms with van der Waals surface area (Å²) in [4.78, 5) is 38.5. The molecule has 1 saturated heterocycles. The maximum Gasteiger partial charge on any atom is 0.300 e. The fraction of sp³-hybridized carbons (Fsp3) is 0.185. The number of nitrogens with zero attached hydrogens (tertiary/aromatic N) is 2. The lowest BCUT2D eigenvalue weighted by Gasteiger charge is -2.27. The molecular formula is C27H24N2O7. The number of ether oxygens (including phenoxy) is 2. The number of para-hydroxylation sites is 1. The van der Waals surface area contributed by atoms with E-state index in [1.807, 2.05) is 6.92 Å². The van der Waals surface area contributed by atoms with E-state index < -0.39 is 28.4 Å². The minimum Gasteiger partial charge on any atom is -0.507 e. The molecule has 36 heavy (non-hydrogen) atoms. The van der Waals surface area contributed by atoms with Crippen LogP contribution in [0.2, 0.25) is 0 Å². The molecule has 1 N–H and O–H groups in total. The molecule has 184 valence electrons. The van der Waals surface area contributed by atoms with E-state index in [-0.39, 0.29) is 16.8 Å². The van der Waals surface area contributed by atoms with E-state index in [9.17, 15) is 24.8 Å². The van der Waals surface area contributed by atoms with Crippen LogP contribution in [0.3, 0.4) is 0 Å². The number of hydrogen-bond acceptors (Lipinski definition) is 7. The molecule has 1 fully saturated rings. The zero-order valence-electron chi connectivity index (χ0n) is 19.7. The Morgan fingerprint density at radius 2 is 1.78 bits per heavy atom. The summed E-state index contributed by atoms with van der Waals surface area (Å²) in [6.07, 6.45) is 0.797. The number of non-ortho nitro benzene ring substituents is 1. The number of aliphatic hydroxyl groups excluding tert-OH is 1. The maximum atomic E-state index is 13.4. The molecular weight excluding hydrogens is 464 g/mol. The second kappa shape index (κ2) is 10.3. The molecule has 0 bridgehead atoms. The normalized spacial score (nSPS) is 16.7. The van der Waals surface area contributed by atoms with Crippen molar-refractivity contribution in [2.75, 3.05) is 18.6 Å². The third kappa shape index (κ3) is 4.50. The van der Waals surface area contributed by atoms with Crippen molar-refractivity contribution in [3.8, 4) is 11.5 Å². The first kappa shape index (κ1) is 24.5. The smallest absolute Gasteiger partial charge is 0.300 e. The van der Waals surface area contributed by atoms with Gasteiger partial charge in [-0.15, -0.1) is 0 Å². The van der Waals surface area contributed by atoms with Crippen molar-refractivity contribution in [2.45, 2.75) is 19.4 Å². The zero-order valence-corrected chi connectivity index (χ0v) is 19.7. The standard InChI is InChI=1S/C27H24N2O7/c1-3-15-36-20-8-6-7-19(16-20)28-24(21-9-4-5-10-22(21)35-2)23(26(31)27(28)32)25(30)17-11-13-18(14-12-17)29(33)34/h4-14,16,24,30H,3,15H2,1-2H3/b25-23+. The highest BCUT2D eigenvalue weighted by Crippen LogP contribution is 2.45. The number of Topliss-reactive ketones (excluding diaryl/α,β-unsaturated/α-hetero) is 1. The van der Waals surface area contributed by atoms with Crippen LogP contribution in [0.4, 0.5) is 11.4 Å². The molecule has 1 atom stereocenters. The fourth-order valence-corrected chi connectivity index (χ4v) is 4.12. The van der Waals surface area contributed by atoms with Gasteiger partial charge in [0.15, 0.2) is 0 Å². The number of rotatable bonds is 8. The first-order valence-corrected chi connectivity index (χ1v) is 11.3. The number of nitro groups is 1. The van der Waals surface area contributed by atoms with E-state index in [0.717, 1.165) is 6.42 Å². The largest absolute Gasteiger partial charge is 0.507 e. The second-order valence-electron chi connectivity index (χ2n) is 8.06. The molecule has 0 saturated carbocycles. The Bertz CT molecular complexity index is 1350.